The van der Waals surface area contributed by atoms with E-state index in [1.54, 1.807) is 18.2 Å². The van der Waals surface area contributed by atoms with Gasteiger partial charge in [-0.15, -0.1) is 0 Å². The van der Waals surface area contributed by atoms with E-state index < -0.39 is 70.3 Å². The molecule has 3 aliphatic carbocycles. The van der Waals surface area contributed by atoms with Crippen molar-refractivity contribution in [3.05, 3.63) is 108 Å². The molecule has 0 saturated carbocycles. The second-order valence-electron chi connectivity index (χ2n) is 11.2. The monoisotopic (exact) mass is 884 g/mol. The standard InChI is InChI=1S/C32H23F5I2O6S/c33-31(34,35)25(32(36,37)46(41,42)43)15-44-14-23-26-19-5-1-3-7-21(19)27(22-8-4-2-6-20(22)26)28(23)30(40)45-24-12-9-16-13-17(38)10-11-18(16)29(24)39/h1-13,23,25-28H,14-15H2,(H,41,42,43). The Balaban J connectivity index is 1.38. The van der Waals surface area contributed by atoms with Gasteiger partial charge in [-0.3, -0.25) is 9.35 Å². The highest BCUT2D eigenvalue weighted by Crippen LogP contribution is 2.58. The average molecular weight is 884 g/mol. The molecule has 0 saturated heterocycles. The van der Waals surface area contributed by atoms with Crippen LogP contribution in [0.4, 0.5) is 22.0 Å². The van der Waals surface area contributed by atoms with Gasteiger partial charge >= 0.3 is 27.5 Å². The topological polar surface area (TPSA) is 89.9 Å². The molecule has 7 rings (SSSR count). The normalized spacial score (nSPS) is 21.5. The third kappa shape index (κ3) is 5.81. The minimum absolute atomic E-state index is 0.284. The molecule has 0 spiro atoms. The predicted octanol–water partition coefficient (Wildman–Crippen LogP) is 8.15. The fourth-order valence-corrected chi connectivity index (χ4v) is 8.54. The van der Waals surface area contributed by atoms with Gasteiger partial charge in [0.15, 0.2) is 5.92 Å². The van der Waals surface area contributed by atoms with Gasteiger partial charge in [-0.1, -0.05) is 60.7 Å². The van der Waals surface area contributed by atoms with E-state index in [4.69, 9.17) is 14.0 Å². The van der Waals surface area contributed by atoms with Crippen LogP contribution in [0.25, 0.3) is 10.8 Å². The van der Waals surface area contributed by atoms with Crippen LogP contribution in [0.15, 0.2) is 78.9 Å². The van der Waals surface area contributed by atoms with Crippen LogP contribution in [0.5, 0.6) is 5.75 Å². The molecule has 2 bridgehead atoms. The molecule has 3 aliphatic rings. The van der Waals surface area contributed by atoms with Crippen molar-refractivity contribution in [2.75, 3.05) is 13.2 Å². The maximum atomic E-state index is 14.3. The van der Waals surface area contributed by atoms with E-state index in [1.807, 2.05) is 60.7 Å². The molecule has 0 heterocycles. The Bertz CT molecular complexity index is 1900. The summed E-state index contributed by atoms with van der Waals surface area (Å²) in [5, 5.41) is -3.77. The molecule has 0 radical (unpaired) electrons. The van der Waals surface area contributed by atoms with Gasteiger partial charge in [0.2, 0.25) is 0 Å². The van der Waals surface area contributed by atoms with Crippen molar-refractivity contribution in [1.82, 2.24) is 0 Å². The van der Waals surface area contributed by atoms with Crippen LogP contribution >= 0.6 is 45.2 Å². The molecule has 0 aliphatic heterocycles. The molecule has 3 unspecified atom stereocenters. The Kier molecular flexibility index (Phi) is 8.91. The first-order chi connectivity index (χ1) is 21.6. The number of hydrogen-bond donors (Lipinski definition) is 1. The fourth-order valence-electron chi connectivity index (χ4n) is 6.68. The van der Waals surface area contributed by atoms with Crippen LogP contribution in [0.2, 0.25) is 0 Å². The summed E-state index contributed by atoms with van der Waals surface area (Å²) in [6.07, 6.45) is -5.73. The van der Waals surface area contributed by atoms with E-state index >= 15 is 0 Å². The Hall–Kier alpha value is -2.41. The van der Waals surface area contributed by atoms with Gasteiger partial charge in [0, 0.05) is 21.3 Å². The largest absolute Gasteiger partial charge is 0.425 e. The van der Waals surface area contributed by atoms with Gasteiger partial charge in [-0.25, -0.2) is 0 Å². The molecule has 4 aromatic rings. The van der Waals surface area contributed by atoms with Crippen molar-refractivity contribution < 1.29 is 49.2 Å². The molecule has 3 atom stereocenters. The van der Waals surface area contributed by atoms with Gasteiger partial charge in [-0.05, 0) is 96.4 Å². The Morgan fingerprint density at radius 1 is 0.848 bits per heavy atom. The highest BCUT2D eigenvalue weighted by atomic mass is 127. The molecule has 6 nitrogen and oxygen atoms in total. The van der Waals surface area contributed by atoms with E-state index in [0.29, 0.717) is 3.57 Å². The predicted molar refractivity (Wildman–Crippen MR) is 175 cm³/mol. The minimum Gasteiger partial charge on any atom is -0.425 e. The van der Waals surface area contributed by atoms with Crippen LogP contribution in [0, 0.1) is 24.9 Å². The number of rotatable bonds is 8. The first-order valence-electron chi connectivity index (χ1n) is 13.9. The second-order valence-corrected chi connectivity index (χ2v) is 15.1. The molecule has 1 N–H and O–H groups in total. The molecule has 0 aromatic heterocycles. The lowest BCUT2D eigenvalue weighted by Crippen LogP contribution is -2.49. The molecule has 0 fully saturated rings. The first kappa shape index (κ1) is 33.5. The highest BCUT2D eigenvalue weighted by molar-refractivity contribution is 14.1. The average Bonchev–Trinajstić information content (AvgIpc) is 2.99. The zero-order valence-electron chi connectivity index (χ0n) is 23.3. The third-order valence-corrected chi connectivity index (χ3v) is 11.4. The van der Waals surface area contributed by atoms with Gasteiger partial charge < -0.3 is 9.47 Å². The number of halogens is 7. The third-order valence-electron chi connectivity index (χ3n) is 8.68. The van der Waals surface area contributed by atoms with Crippen LogP contribution in [-0.4, -0.2) is 43.6 Å². The SMILES string of the molecule is O=C(Oc1ccc2cc(I)ccc2c1I)C1C2c3ccccc3C(c3ccccc32)C1COCC(C(F)(F)F)C(F)(F)S(=O)(=O)O. The number of esters is 1. The quantitative estimate of drug-likeness (QED) is 0.0633. The van der Waals surface area contributed by atoms with Gasteiger partial charge in [0.05, 0.1) is 22.7 Å². The summed E-state index contributed by atoms with van der Waals surface area (Å²) in [5.74, 6) is -7.25. The summed E-state index contributed by atoms with van der Waals surface area (Å²) in [6.45, 7) is -2.37. The lowest BCUT2D eigenvalue weighted by Gasteiger charge is -2.49. The van der Waals surface area contributed by atoms with Crippen LogP contribution in [0.3, 0.4) is 0 Å². The summed E-state index contributed by atoms with van der Waals surface area (Å²) in [5.41, 5.74) is 3.29. The number of benzene rings is 4. The van der Waals surface area contributed by atoms with E-state index in [9.17, 15) is 35.2 Å². The van der Waals surface area contributed by atoms with Crippen LogP contribution < -0.4 is 4.74 Å². The summed E-state index contributed by atoms with van der Waals surface area (Å²) in [7, 11) is -6.42. The van der Waals surface area contributed by atoms with E-state index in [-0.39, 0.29) is 5.75 Å². The lowest BCUT2D eigenvalue weighted by molar-refractivity contribution is -0.233. The number of ether oxygens (including phenoxy) is 2. The van der Waals surface area contributed by atoms with Crippen molar-refractivity contribution in [3.63, 3.8) is 0 Å². The zero-order chi connectivity index (χ0) is 33.2. The summed E-state index contributed by atoms with van der Waals surface area (Å²) in [6, 6.07) is 23.9. The summed E-state index contributed by atoms with van der Waals surface area (Å²) < 4.78 is 114. The van der Waals surface area contributed by atoms with Crippen LogP contribution in [0.1, 0.15) is 34.1 Å². The fraction of sp³-hybridized carbons (Fsp3) is 0.281. The molecule has 242 valence electrons. The maximum Gasteiger partial charge on any atom is 0.401 e. The smallest absolute Gasteiger partial charge is 0.401 e. The van der Waals surface area contributed by atoms with Gasteiger partial charge in [0.25, 0.3) is 0 Å². The number of fused-ring (bicyclic) bond motifs is 2. The van der Waals surface area contributed by atoms with Gasteiger partial charge in [0.1, 0.15) is 5.75 Å². The van der Waals surface area contributed by atoms with Crippen LogP contribution in [-0.2, 0) is 19.6 Å². The van der Waals surface area contributed by atoms with E-state index in [0.717, 1.165) is 36.6 Å². The van der Waals surface area contributed by atoms with Crippen molar-refractivity contribution in [1.29, 1.82) is 0 Å². The summed E-state index contributed by atoms with van der Waals surface area (Å²) in [4.78, 5) is 14.2. The zero-order valence-corrected chi connectivity index (χ0v) is 28.5. The molecular weight excluding hydrogens is 861 g/mol. The maximum absolute atomic E-state index is 14.3. The minimum atomic E-state index is -6.42. The van der Waals surface area contributed by atoms with Crippen molar-refractivity contribution in [3.8, 4) is 5.75 Å². The molecule has 0 amide bonds. The van der Waals surface area contributed by atoms with Crippen molar-refractivity contribution in [2.24, 2.45) is 17.8 Å². The molecule has 4 aromatic carbocycles. The molecule has 46 heavy (non-hydrogen) atoms. The Labute approximate surface area is 287 Å². The summed E-state index contributed by atoms with van der Waals surface area (Å²) >= 11 is 4.28. The number of alkyl halides is 5. The number of hydrogen-bond acceptors (Lipinski definition) is 5. The van der Waals surface area contributed by atoms with E-state index in [2.05, 4.69) is 45.2 Å². The number of carbonyl (C=O) groups excluding carboxylic acids is 1. The Morgan fingerprint density at radius 2 is 1.41 bits per heavy atom. The molecule has 14 heteroatoms. The number of carbonyl (C=O) groups is 1. The molecular formula is C32H23F5I2O6S. The van der Waals surface area contributed by atoms with E-state index in [1.165, 1.54) is 0 Å². The Morgan fingerprint density at radius 3 is 1.96 bits per heavy atom. The highest BCUT2D eigenvalue weighted by Gasteiger charge is 2.63. The lowest BCUT2D eigenvalue weighted by atomic mass is 9.54. The first-order valence-corrected chi connectivity index (χ1v) is 17.5. The second kappa shape index (κ2) is 12.2. The van der Waals surface area contributed by atoms with Gasteiger partial charge in [-0.2, -0.15) is 30.4 Å². The van der Waals surface area contributed by atoms with Crippen molar-refractivity contribution in [2.45, 2.75) is 23.3 Å². The van der Waals surface area contributed by atoms with Crippen molar-refractivity contribution >= 4 is 72.0 Å².